The van der Waals surface area contributed by atoms with Gasteiger partial charge in [-0.3, -0.25) is 32.5 Å². The molecule has 2 aromatic rings. The first-order chi connectivity index (χ1) is 25.5. The topological polar surface area (TPSA) is 364 Å². The summed E-state index contributed by atoms with van der Waals surface area (Å²) in [6.07, 6.45) is -5.43. The maximum absolute atomic E-state index is 12.7. The fourth-order valence-electron chi connectivity index (χ4n) is 5.02. The standard InChI is InChI=1S/C27H46N7O17P3S/c1-5-15(6-2)26(39)55-10-9-29-17(35)7-8-30-24(38)21(37)27(3,4)12-48-54(45,46)51-53(43,44)47-11-16-20(50-52(40,41)42)19(36)25(49-16)34-14-33-18-22(28)31-13-32-23(18)34/h13-16,19-21,25,36-37H,5-12H2,1-4H3,(H,29,35)(H,30,38)(H,43,44)(H,45,46)(H2,28,31,32)(H2,40,41,42)/t16-,19-,20-,21+,25-/m1/s1. The number of aliphatic hydroxyl groups is 2. The molecule has 1 fully saturated rings. The highest BCUT2D eigenvalue weighted by Crippen LogP contribution is 2.61. The maximum Gasteiger partial charge on any atom is 0.481 e. The molecule has 3 heterocycles. The SMILES string of the molecule is CCC(CC)C(=O)SCCNC(=O)CCNC(=O)[C@H](O)C(C)(C)COP(=O)(O)OP(=O)(O)OC[C@H]1O[C@@H](n2cnc3c(N)ncnc32)[C@H](O)[C@@H]1OP(=O)(O)O. The smallest absolute Gasteiger partial charge is 0.386 e. The zero-order valence-corrected chi connectivity index (χ0v) is 33.6. The van der Waals surface area contributed by atoms with Crippen LogP contribution in [-0.4, -0.2) is 123 Å². The number of anilines is 1. The monoisotopic (exact) mass is 865 g/mol. The summed E-state index contributed by atoms with van der Waals surface area (Å²) in [4.78, 5) is 87.6. The molecule has 55 heavy (non-hydrogen) atoms. The summed E-state index contributed by atoms with van der Waals surface area (Å²) in [5, 5.41) is 26.4. The van der Waals surface area contributed by atoms with Crippen molar-refractivity contribution in [1.29, 1.82) is 0 Å². The van der Waals surface area contributed by atoms with E-state index in [1.165, 1.54) is 13.8 Å². The number of rotatable bonds is 22. The van der Waals surface area contributed by atoms with E-state index in [0.717, 1.165) is 41.8 Å². The van der Waals surface area contributed by atoms with Crippen LogP contribution in [0.2, 0.25) is 0 Å². The summed E-state index contributed by atoms with van der Waals surface area (Å²) in [6, 6.07) is 0. The maximum atomic E-state index is 12.7. The average molecular weight is 866 g/mol. The van der Waals surface area contributed by atoms with E-state index < -0.39 is 84.6 Å². The van der Waals surface area contributed by atoms with E-state index in [-0.39, 0.29) is 47.5 Å². The molecule has 7 atom stereocenters. The predicted molar refractivity (Wildman–Crippen MR) is 191 cm³/mol. The van der Waals surface area contributed by atoms with Gasteiger partial charge in [0.1, 0.15) is 36.3 Å². The van der Waals surface area contributed by atoms with Crippen LogP contribution in [0.5, 0.6) is 0 Å². The molecule has 0 spiro atoms. The van der Waals surface area contributed by atoms with Crippen LogP contribution in [0, 0.1) is 11.3 Å². The Morgan fingerprint density at radius 1 is 1.04 bits per heavy atom. The molecule has 0 bridgehead atoms. The number of nitrogens with zero attached hydrogens (tertiary/aromatic N) is 4. The number of carbonyl (C=O) groups is 3. The Morgan fingerprint density at radius 2 is 1.69 bits per heavy atom. The van der Waals surface area contributed by atoms with Crippen molar-refractivity contribution in [3.63, 3.8) is 0 Å². The molecule has 24 nitrogen and oxygen atoms in total. The van der Waals surface area contributed by atoms with Crippen LogP contribution in [0.4, 0.5) is 5.82 Å². The zero-order chi connectivity index (χ0) is 41.4. The first kappa shape index (κ1) is 46.9. The summed E-state index contributed by atoms with van der Waals surface area (Å²) in [5.74, 6) is -1.10. The molecule has 3 rings (SSSR count). The molecule has 0 saturated carbocycles. The predicted octanol–water partition coefficient (Wildman–Crippen LogP) is 0.101. The number of hydrogen-bond acceptors (Lipinski definition) is 18. The number of phosphoric ester groups is 3. The van der Waals surface area contributed by atoms with Crippen LogP contribution in [0.25, 0.3) is 11.2 Å². The number of ether oxygens (including phenoxy) is 1. The number of carbonyl (C=O) groups excluding carboxylic acids is 3. The van der Waals surface area contributed by atoms with Crippen molar-refractivity contribution in [3.05, 3.63) is 12.7 Å². The lowest BCUT2D eigenvalue weighted by atomic mass is 9.87. The number of aromatic nitrogens is 4. The number of nitrogens with one attached hydrogen (secondary N) is 2. The largest absolute Gasteiger partial charge is 0.481 e. The quantitative estimate of drug-likeness (QED) is 0.0560. The molecule has 2 aromatic heterocycles. The van der Waals surface area contributed by atoms with Crippen molar-refractivity contribution in [3.8, 4) is 0 Å². The van der Waals surface area contributed by atoms with E-state index in [9.17, 15) is 57.9 Å². The Labute approximate surface area is 318 Å². The van der Waals surface area contributed by atoms with Crippen LogP contribution in [0.15, 0.2) is 12.7 Å². The van der Waals surface area contributed by atoms with Gasteiger partial charge in [-0.1, -0.05) is 39.5 Å². The van der Waals surface area contributed by atoms with Crippen LogP contribution in [0.3, 0.4) is 0 Å². The van der Waals surface area contributed by atoms with Gasteiger partial charge in [0, 0.05) is 36.6 Å². The van der Waals surface area contributed by atoms with Crippen LogP contribution in [0.1, 0.15) is 53.2 Å². The van der Waals surface area contributed by atoms with Gasteiger partial charge in [0.05, 0.1) is 19.5 Å². The number of hydrogen-bond donors (Lipinski definition) is 9. The molecule has 312 valence electrons. The Bertz CT molecular complexity index is 1790. The number of amides is 2. The van der Waals surface area contributed by atoms with Crippen molar-refractivity contribution in [1.82, 2.24) is 30.2 Å². The minimum absolute atomic E-state index is 0.0316. The second kappa shape index (κ2) is 19.8. The summed E-state index contributed by atoms with van der Waals surface area (Å²) in [5.41, 5.74) is 4.27. The van der Waals surface area contributed by atoms with E-state index in [1.807, 2.05) is 13.8 Å². The number of thioether (sulfide) groups is 1. The second-order valence-electron chi connectivity index (χ2n) is 12.8. The summed E-state index contributed by atoms with van der Waals surface area (Å²) in [7, 11) is -16.4. The Balaban J connectivity index is 1.50. The third-order valence-corrected chi connectivity index (χ3v) is 12.2. The molecule has 1 aliphatic rings. The highest BCUT2D eigenvalue weighted by atomic mass is 32.2. The van der Waals surface area contributed by atoms with E-state index >= 15 is 0 Å². The first-order valence-electron chi connectivity index (χ1n) is 16.6. The van der Waals surface area contributed by atoms with Crippen molar-refractivity contribution in [2.24, 2.45) is 11.3 Å². The number of fused-ring (bicyclic) bond motifs is 1. The lowest BCUT2D eigenvalue weighted by molar-refractivity contribution is -0.137. The van der Waals surface area contributed by atoms with Gasteiger partial charge in [0.15, 0.2) is 22.8 Å². The summed E-state index contributed by atoms with van der Waals surface area (Å²) < 4.78 is 62.1. The van der Waals surface area contributed by atoms with Gasteiger partial charge in [0.25, 0.3) is 0 Å². The molecule has 0 aromatic carbocycles. The van der Waals surface area contributed by atoms with Crippen molar-refractivity contribution >= 4 is 69.1 Å². The van der Waals surface area contributed by atoms with Gasteiger partial charge < -0.3 is 50.9 Å². The lowest BCUT2D eigenvalue weighted by Gasteiger charge is -2.30. The third kappa shape index (κ3) is 13.9. The number of nitrogen functional groups attached to an aromatic ring is 1. The van der Waals surface area contributed by atoms with Gasteiger partial charge in [-0.05, 0) is 12.8 Å². The van der Waals surface area contributed by atoms with E-state index in [2.05, 4.69) is 34.4 Å². The minimum Gasteiger partial charge on any atom is -0.386 e. The molecule has 0 aliphatic carbocycles. The minimum atomic E-state index is -5.57. The normalized spacial score (nSPS) is 21.9. The molecule has 1 aliphatic heterocycles. The molecule has 1 saturated heterocycles. The Hall–Kier alpha value is -2.44. The van der Waals surface area contributed by atoms with Crippen LogP contribution >= 0.6 is 35.2 Å². The van der Waals surface area contributed by atoms with Crippen LogP contribution < -0.4 is 16.4 Å². The van der Waals surface area contributed by atoms with Crippen molar-refractivity contribution < 1.29 is 80.5 Å². The molecule has 28 heteroatoms. The highest BCUT2D eigenvalue weighted by Gasteiger charge is 2.50. The summed E-state index contributed by atoms with van der Waals surface area (Å²) >= 11 is 1.13. The summed E-state index contributed by atoms with van der Waals surface area (Å²) in [6.45, 7) is 4.39. The number of phosphoric acid groups is 3. The van der Waals surface area contributed by atoms with Crippen molar-refractivity contribution in [2.45, 2.75) is 77.6 Å². The van der Waals surface area contributed by atoms with E-state index in [0.29, 0.717) is 5.75 Å². The number of nitrogens with two attached hydrogens (primary N) is 1. The van der Waals surface area contributed by atoms with Crippen LogP contribution in [-0.2, 0) is 50.7 Å². The zero-order valence-electron chi connectivity index (χ0n) is 30.1. The molecule has 2 unspecified atom stereocenters. The molecular formula is C27H46N7O17P3S. The van der Waals surface area contributed by atoms with Gasteiger partial charge >= 0.3 is 23.5 Å². The van der Waals surface area contributed by atoms with E-state index in [4.69, 9.17) is 19.5 Å². The first-order valence-corrected chi connectivity index (χ1v) is 22.1. The molecule has 10 N–H and O–H groups in total. The molecule has 2 amide bonds. The fourth-order valence-corrected chi connectivity index (χ4v) is 8.83. The highest BCUT2D eigenvalue weighted by molar-refractivity contribution is 8.13. The Kier molecular flexibility index (Phi) is 16.9. The molecule has 0 radical (unpaired) electrons. The van der Waals surface area contributed by atoms with Crippen molar-refractivity contribution in [2.75, 3.05) is 37.8 Å². The Morgan fingerprint density at radius 3 is 2.33 bits per heavy atom. The van der Waals surface area contributed by atoms with E-state index in [1.54, 1.807) is 0 Å². The second-order valence-corrected chi connectivity index (χ2v) is 18.1. The fraction of sp³-hybridized carbons (Fsp3) is 0.704. The number of imidazole rings is 1. The third-order valence-electron chi connectivity index (χ3n) is 8.07. The number of aliphatic hydroxyl groups excluding tert-OH is 2. The molecular weight excluding hydrogens is 819 g/mol. The van der Waals surface area contributed by atoms with Gasteiger partial charge in [-0.2, -0.15) is 4.31 Å². The van der Waals surface area contributed by atoms with Gasteiger partial charge in [-0.15, -0.1) is 0 Å². The average Bonchev–Trinajstić information content (AvgIpc) is 3.65. The van der Waals surface area contributed by atoms with Gasteiger partial charge in [-0.25, -0.2) is 28.6 Å². The lowest BCUT2D eigenvalue weighted by Crippen LogP contribution is -2.46. The van der Waals surface area contributed by atoms with Gasteiger partial charge in [0.2, 0.25) is 11.8 Å².